The van der Waals surface area contributed by atoms with Crippen LogP contribution < -0.4 is 11.3 Å². The van der Waals surface area contributed by atoms with Crippen LogP contribution in [0, 0.1) is 19.7 Å². The highest BCUT2D eigenvalue weighted by Crippen LogP contribution is 2.23. The minimum Gasteiger partial charge on any atom is -0.271 e. The molecule has 1 unspecified atom stereocenters. The molecule has 2 rings (SSSR count). The Hall–Kier alpha value is -1.42. The first-order valence-electron chi connectivity index (χ1n) is 6.48. The Balaban J connectivity index is 2.28. The van der Waals surface area contributed by atoms with Crippen molar-refractivity contribution in [2.24, 2.45) is 5.84 Å². The zero-order valence-electron chi connectivity index (χ0n) is 11.6. The SMILES string of the molecule is Cc1cc(C)cc(C(Cc2ccc(Cl)cc2F)NN)c1. The highest BCUT2D eigenvalue weighted by atomic mass is 35.5. The second kappa shape index (κ2) is 6.35. The highest BCUT2D eigenvalue weighted by molar-refractivity contribution is 6.30. The summed E-state index contributed by atoms with van der Waals surface area (Å²) in [6.07, 6.45) is 0.475. The van der Waals surface area contributed by atoms with Crippen LogP contribution in [-0.2, 0) is 6.42 Å². The number of halogens is 2. The Labute approximate surface area is 123 Å². The Morgan fingerprint density at radius 1 is 1.15 bits per heavy atom. The van der Waals surface area contributed by atoms with Crippen molar-refractivity contribution in [3.05, 3.63) is 69.5 Å². The first kappa shape index (κ1) is 15.0. The maximum absolute atomic E-state index is 13.9. The van der Waals surface area contributed by atoms with Crippen LogP contribution in [-0.4, -0.2) is 0 Å². The fraction of sp³-hybridized carbons (Fsp3) is 0.250. The summed E-state index contributed by atoms with van der Waals surface area (Å²) in [6.45, 7) is 4.07. The molecule has 20 heavy (non-hydrogen) atoms. The second-order valence-corrected chi connectivity index (χ2v) is 5.52. The van der Waals surface area contributed by atoms with Crippen molar-refractivity contribution >= 4 is 11.6 Å². The molecule has 2 aromatic carbocycles. The van der Waals surface area contributed by atoms with Crippen molar-refractivity contribution in [1.82, 2.24) is 5.43 Å². The van der Waals surface area contributed by atoms with Gasteiger partial charge in [0.05, 0.1) is 6.04 Å². The molecule has 0 bridgehead atoms. The predicted octanol–water partition coefficient (Wildman–Crippen LogP) is 3.84. The molecule has 0 saturated carbocycles. The van der Waals surface area contributed by atoms with Crippen molar-refractivity contribution in [2.45, 2.75) is 26.3 Å². The van der Waals surface area contributed by atoms with Crippen molar-refractivity contribution in [3.63, 3.8) is 0 Å². The first-order chi connectivity index (χ1) is 9.49. The monoisotopic (exact) mass is 292 g/mol. The molecule has 1 atom stereocenters. The van der Waals surface area contributed by atoms with Crippen LogP contribution in [0.4, 0.5) is 4.39 Å². The lowest BCUT2D eigenvalue weighted by molar-refractivity contribution is 0.529. The predicted molar refractivity (Wildman–Crippen MR) is 81.1 cm³/mol. The lowest BCUT2D eigenvalue weighted by Crippen LogP contribution is -2.30. The van der Waals surface area contributed by atoms with Gasteiger partial charge in [0.15, 0.2) is 0 Å². The highest BCUT2D eigenvalue weighted by Gasteiger charge is 2.14. The average Bonchev–Trinajstić information content (AvgIpc) is 2.36. The molecule has 3 N–H and O–H groups in total. The second-order valence-electron chi connectivity index (χ2n) is 5.08. The van der Waals surface area contributed by atoms with Crippen LogP contribution in [0.2, 0.25) is 5.02 Å². The summed E-state index contributed by atoms with van der Waals surface area (Å²) in [6, 6.07) is 10.8. The van der Waals surface area contributed by atoms with E-state index in [1.54, 1.807) is 12.1 Å². The minimum atomic E-state index is -0.304. The zero-order valence-corrected chi connectivity index (χ0v) is 12.3. The summed E-state index contributed by atoms with van der Waals surface area (Å²) in [7, 11) is 0. The Kier molecular flexibility index (Phi) is 4.76. The first-order valence-corrected chi connectivity index (χ1v) is 6.85. The molecule has 0 aliphatic rings. The van der Waals surface area contributed by atoms with E-state index in [0.717, 1.165) is 16.7 Å². The fourth-order valence-electron chi connectivity index (χ4n) is 2.39. The van der Waals surface area contributed by atoms with Crippen molar-refractivity contribution in [2.75, 3.05) is 0 Å². The smallest absolute Gasteiger partial charge is 0.127 e. The van der Waals surface area contributed by atoms with Crippen molar-refractivity contribution < 1.29 is 4.39 Å². The number of nitrogens with one attached hydrogen (secondary N) is 1. The van der Waals surface area contributed by atoms with Crippen LogP contribution in [0.15, 0.2) is 36.4 Å². The van der Waals surface area contributed by atoms with Crippen molar-refractivity contribution in [1.29, 1.82) is 0 Å². The Morgan fingerprint density at radius 3 is 2.35 bits per heavy atom. The molecule has 0 aliphatic heterocycles. The molecule has 0 heterocycles. The van der Waals surface area contributed by atoms with E-state index in [1.165, 1.54) is 6.07 Å². The molecule has 0 amide bonds. The van der Waals surface area contributed by atoms with Crippen LogP contribution in [0.5, 0.6) is 0 Å². The van der Waals surface area contributed by atoms with Gasteiger partial charge in [-0.25, -0.2) is 4.39 Å². The molecule has 4 heteroatoms. The molecule has 106 valence electrons. The van der Waals surface area contributed by atoms with Crippen LogP contribution >= 0.6 is 11.6 Å². The van der Waals surface area contributed by atoms with E-state index >= 15 is 0 Å². The average molecular weight is 293 g/mol. The van der Waals surface area contributed by atoms with Crippen LogP contribution in [0.1, 0.15) is 28.3 Å². The summed E-state index contributed by atoms with van der Waals surface area (Å²) in [5, 5.41) is 0.398. The molecule has 0 aliphatic carbocycles. The van der Waals surface area contributed by atoms with Gasteiger partial charge < -0.3 is 0 Å². The van der Waals surface area contributed by atoms with Gasteiger partial charge in [-0.15, -0.1) is 0 Å². The van der Waals surface area contributed by atoms with E-state index < -0.39 is 0 Å². The lowest BCUT2D eigenvalue weighted by Gasteiger charge is -2.18. The summed E-state index contributed by atoms with van der Waals surface area (Å²) < 4.78 is 13.9. The molecule has 2 aromatic rings. The molecular formula is C16H18ClFN2. The van der Waals surface area contributed by atoms with Gasteiger partial charge in [-0.2, -0.15) is 0 Å². The molecule has 0 spiro atoms. The van der Waals surface area contributed by atoms with Gasteiger partial charge in [0, 0.05) is 5.02 Å². The summed E-state index contributed by atoms with van der Waals surface area (Å²) in [5.74, 6) is 5.33. The molecule has 0 fully saturated rings. The fourth-order valence-corrected chi connectivity index (χ4v) is 2.55. The topological polar surface area (TPSA) is 38.0 Å². The third-order valence-electron chi connectivity index (χ3n) is 3.29. The maximum atomic E-state index is 13.9. The molecule has 0 saturated heterocycles. The minimum absolute atomic E-state index is 0.135. The van der Waals surface area contributed by atoms with E-state index in [9.17, 15) is 4.39 Å². The van der Waals surface area contributed by atoms with Gasteiger partial charge in [0.2, 0.25) is 0 Å². The van der Waals surface area contributed by atoms with Crippen LogP contribution in [0.25, 0.3) is 0 Å². The summed E-state index contributed by atoms with van der Waals surface area (Å²) in [5.41, 5.74) is 6.74. The lowest BCUT2D eigenvalue weighted by atomic mass is 9.96. The number of benzene rings is 2. The number of hydrogen-bond acceptors (Lipinski definition) is 2. The maximum Gasteiger partial charge on any atom is 0.127 e. The Bertz CT molecular complexity index is 593. The third kappa shape index (κ3) is 3.57. The molecule has 0 radical (unpaired) electrons. The molecular weight excluding hydrogens is 275 g/mol. The van der Waals surface area contributed by atoms with Gasteiger partial charge in [0.1, 0.15) is 5.82 Å². The summed E-state index contributed by atoms with van der Waals surface area (Å²) >= 11 is 5.77. The number of nitrogens with two attached hydrogens (primary N) is 1. The number of hydrazine groups is 1. The largest absolute Gasteiger partial charge is 0.271 e. The van der Waals surface area contributed by atoms with Gasteiger partial charge in [-0.1, -0.05) is 47.0 Å². The molecule has 2 nitrogen and oxygen atoms in total. The van der Waals surface area contributed by atoms with Gasteiger partial charge >= 0.3 is 0 Å². The van der Waals surface area contributed by atoms with Gasteiger partial charge in [0.25, 0.3) is 0 Å². The van der Waals surface area contributed by atoms with Gasteiger partial charge in [-0.3, -0.25) is 11.3 Å². The molecule has 0 aromatic heterocycles. The third-order valence-corrected chi connectivity index (χ3v) is 3.52. The zero-order chi connectivity index (χ0) is 14.7. The van der Waals surface area contributed by atoms with Gasteiger partial charge in [-0.05, 0) is 43.5 Å². The van der Waals surface area contributed by atoms with E-state index in [1.807, 2.05) is 13.8 Å². The van der Waals surface area contributed by atoms with E-state index in [-0.39, 0.29) is 11.9 Å². The summed E-state index contributed by atoms with van der Waals surface area (Å²) in [4.78, 5) is 0. The van der Waals surface area contributed by atoms with E-state index in [4.69, 9.17) is 17.4 Å². The Morgan fingerprint density at radius 2 is 1.80 bits per heavy atom. The van der Waals surface area contributed by atoms with E-state index in [0.29, 0.717) is 17.0 Å². The van der Waals surface area contributed by atoms with Crippen LogP contribution in [0.3, 0.4) is 0 Å². The number of rotatable bonds is 4. The standard InChI is InChI=1S/C16H18ClFN2/c1-10-5-11(2)7-13(6-10)16(20-19)8-12-3-4-14(17)9-15(12)18/h3-7,9,16,20H,8,19H2,1-2H3. The van der Waals surface area contributed by atoms with Crippen molar-refractivity contribution in [3.8, 4) is 0 Å². The van der Waals surface area contributed by atoms with E-state index in [2.05, 4.69) is 23.6 Å². The number of hydrogen-bond donors (Lipinski definition) is 2. The quantitative estimate of drug-likeness (QED) is 0.664. The normalized spacial score (nSPS) is 12.4. The number of aryl methyl sites for hydroxylation is 2.